The van der Waals surface area contributed by atoms with Gasteiger partial charge in [0.05, 0.1) is 19.8 Å². The van der Waals surface area contributed by atoms with Crippen molar-refractivity contribution in [1.29, 1.82) is 0 Å². The molecule has 0 aliphatic heterocycles. The molecule has 5 heteroatoms. The second-order valence-corrected chi connectivity index (χ2v) is 4.51. The van der Waals surface area contributed by atoms with E-state index in [1.54, 1.807) is 21.3 Å². The number of nitrogens with one attached hydrogen (secondary N) is 1. The minimum atomic E-state index is 0.0510. The Morgan fingerprint density at radius 3 is 2.60 bits per heavy atom. The first-order chi connectivity index (χ1) is 9.71. The van der Waals surface area contributed by atoms with E-state index in [0.717, 1.165) is 30.2 Å². The van der Waals surface area contributed by atoms with Gasteiger partial charge in [0, 0.05) is 27.3 Å². The Morgan fingerprint density at radius 1 is 1.15 bits per heavy atom. The van der Waals surface area contributed by atoms with Gasteiger partial charge in [-0.25, -0.2) is 0 Å². The van der Waals surface area contributed by atoms with E-state index in [1.165, 1.54) is 0 Å². The van der Waals surface area contributed by atoms with E-state index >= 15 is 0 Å². The smallest absolute Gasteiger partial charge is 0.161 e. The molecule has 0 aliphatic rings. The predicted molar refractivity (Wildman–Crippen MR) is 78.5 cm³/mol. The maximum absolute atomic E-state index is 5.69. The summed E-state index contributed by atoms with van der Waals surface area (Å²) in [5.74, 6) is 1.47. The van der Waals surface area contributed by atoms with E-state index in [4.69, 9.17) is 18.9 Å². The van der Waals surface area contributed by atoms with E-state index in [2.05, 4.69) is 5.32 Å². The van der Waals surface area contributed by atoms with Gasteiger partial charge in [-0.05, 0) is 24.6 Å². The summed E-state index contributed by atoms with van der Waals surface area (Å²) in [4.78, 5) is 0. The highest BCUT2D eigenvalue weighted by Gasteiger charge is 2.08. The van der Waals surface area contributed by atoms with Gasteiger partial charge in [-0.3, -0.25) is 0 Å². The second-order valence-electron chi connectivity index (χ2n) is 4.51. The Hall–Kier alpha value is -1.30. The van der Waals surface area contributed by atoms with Crippen LogP contribution in [0.15, 0.2) is 18.2 Å². The number of rotatable bonds is 10. The van der Waals surface area contributed by atoms with Crippen molar-refractivity contribution in [3.63, 3.8) is 0 Å². The fraction of sp³-hybridized carbons (Fsp3) is 0.600. The molecule has 1 rings (SSSR count). The van der Waals surface area contributed by atoms with Crippen molar-refractivity contribution in [2.75, 3.05) is 41.1 Å². The van der Waals surface area contributed by atoms with Crippen molar-refractivity contribution < 1.29 is 18.9 Å². The average Bonchev–Trinajstić information content (AvgIpc) is 2.49. The van der Waals surface area contributed by atoms with Crippen LogP contribution in [0.1, 0.15) is 12.5 Å². The van der Waals surface area contributed by atoms with Gasteiger partial charge in [-0.1, -0.05) is 6.07 Å². The summed E-state index contributed by atoms with van der Waals surface area (Å²) in [5, 5.41) is 3.29. The minimum Gasteiger partial charge on any atom is -0.493 e. The Balaban J connectivity index is 2.56. The van der Waals surface area contributed by atoms with Crippen LogP contribution in [0.4, 0.5) is 0 Å². The maximum Gasteiger partial charge on any atom is 0.161 e. The van der Waals surface area contributed by atoms with Gasteiger partial charge in [0.15, 0.2) is 11.5 Å². The standard InChI is InChI=1S/C15H25NO4/c1-12(18-3)11-20-14-6-5-13(9-15(14)19-4)10-16-7-8-17-2/h5-6,9,12,16H,7-8,10-11H2,1-4H3. The lowest BCUT2D eigenvalue weighted by molar-refractivity contribution is 0.0706. The zero-order chi connectivity index (χ0) is 14.8. The van der Waals surface area contributed by atoms with Crippen molar-refractivity contribution in [3.8, 4) is 11.5 Å². The van der Waals surface area contributed by atoms with Crippen molar-refractivity contribution in [3.05, 3.63) is 23.8 Å². The van der Waals surface area contributed by atoms with Crippen molar-refractivity contribution in [2.24, 2.45) is 0 Å². The van der Waals surface area contributed by atoms with Crippen molar-refractivity contribution in [1.82, 2.24) is 5.32 Å². The number of ether oxygens (including phenoxy) is 4. The van der Waals surface area contributed by atoms with Crippen LogP contribution in [-0.2, 0) is 16.0 Å². The number of hydrogen-bond donors (Lipinski definition) is 1. The van der Waals surface area contributed by atoms with Gasteiger partial charge >= 0.3 is 0 Å². The van der Waals surface area contributed by atoms with E-state index in [9.17, 15) is 0 Å². The third-order valence-corrected chi connectivity index (χ3v) is 2.92. The Morgan fingerprint density at radius 2 is 1.95 bits per heavy atom. The molecule has 0 aromatic heterocycles. The van der Waals surface area contributed by atoms with E-state index in [0.29, 0.717) is 13.2 Å². The molecular formula is C15H25NO4. The zero-order valence-electron chi connectivity index (χ0n) is 12.8. The van der Waals surface area contributed by atoms with E-state index in [1.807, 2.05) is 25.1 Å². The van der Waals surface area contributed by atoms with Gasteiger partial charge in [-0.15, -0.1) is 0 Å². The fourth-order valence-corrected chi connectivity index (χ4v) is 1.62. The lowest BCUT2D eigenvalue weighted by Gasteiger charge is -2.15. The largest absolute Gasteiger partial charge is 0.493 e. The second kappa shape index (κ2) is 9.58. The number of benzene rings is 1. The normalized spacial score (nSPS) is 12.2. The van der Waals surface area contributed by atoms with Crippen LogP contribution < -0.4 is 14.8 Å². The van der Waals surface area contributed by atoms with Crippen molar-refractivity contribution in [2.45, 2.75) is 19.6 Å². The van der Waals surface area contributed by atoms with Crippen LogP contribution >= 0.6 is 0 Å². The molecule has 0 heterocycles. The summed E-state index contributed by atoms with van der Waals surface area (Å²) in [6, 6.07) is 5.93. The molecule has 1 aromatic rings. The molecule has 0 saturated carbocycles. The molecule has 1 N–H and O–H groups in total. The van der Waals surface area contributed by atoms with Gasteiger partial charge in [-0.2, -0.15) is 0 Å². The third-order valence-electron chi connectivity index (χ3n) is 2.92. The van der Waals surface area contributed by atoms with Crippen LogP contribution in [0.3, 0.4) is 0 Å². The molecule has 1 unspecified atom stereocenters. The number of hydrogen-bond acceptors (Lipinski definition) is 5. The lowest BCUT2D eigenvalue weighted by atomic mass is 10.2. The first kappa shape index (κ1) is 16.8. The molecule has 0 spiro atoms. The minimum absolute atomic E-state index is 0.0510. The van der Waals surface area contributed by atoms with Crippen LogP contribution in [0, 0.1) is 0 Å². The summed E-state index contributed by atoms with van der Waals surface area (Å²) in [5.41, 5.74) is 1.14. The van der Waals surface area contributed by atoms with Gasteiger partial charge in [0.25, 0.3) is 0 Å². The molecular weight excluding hydrogens is 258 g/mol. The molecule has 114 valence electrons. The third kappa shape index (κ3) is 5.77. The molecule has 0 amide bonds. The maximum atomic E-state index is 5.69. The molecule has 0 fully saturated rings. The fourth-order valence-electron chi connectivity index (χ4n) is 1.62. The van der Waals surface area contributed by atoms with E-state index in [-0.39, 0.29) is 6.10 Å². The van der Waals surface area contributed by atoms with Gasteiger partial charge in [0.2, 0.25) is 0 Å². The summed E-state index contributed by atoms with van der Waals surface area (Å²) in [6.45, 7) is 4.75. The summed E-state index contributed by atoms with van der Waals surface area (Å²) in [7, 11) is 5.00. The molecule has 1 aromatic carbocycles. The molecule has 0 bridgehead atoms. The molecule has 20 heavy (non-hydrogen) atoms. The van der Waals surface area contributed by atoms with Crippen LogP contribution in [0.2, 0.25) is 0 Å². The quantitative estimate of drug-likeness (QED) is 0.664. The lowest BCUT2D eigenvalue weighted by Crippen LogP contribution is -2.18. The van der Waals surface area contributed by atoms with Crippen LogP contribution in [-0.4, -0.2) is 47.2 Å². The summed E-state index contributed by atoms with van der Waals surface area (Å²) >= 11 is 0. The van der Waals surface area contributed by atoms with E-state index < -0.39 is 0 Å². The molecule has 0 radical (unpaired) electrons. The van der Waals surface area contributed by atoms with Crippen LogP contribution in [0.5, 0.6) is 11.5 Å². The Bertz CT molecular complexity index is 384. The average molecular weight is 283 g/mol. The zero-order valence-corrected chi connectivity index (χ0v) is 12.8. The van der Waals surface area contributed by atoms with Gasteiger partial charge < -0.3 is 24.3 Å². The summed E-state index contributed by atoms with van der Waals surface area (Å²) < 4.78 is 21.2. The molecule has 0 aliphatic carbocycles. The Labute approximate surface area is 121 Å². The SMILES string of the molecule is COCCNCc1ccc(OCC(C)OC)c(OC)c1. The number of methoxy groups -OCH3 is 3. The highest BCUT2D eigenvalue weighted by atomic mass is 16.5. The van der Waals surface area contributed by atoms with Gasteiger partial charge in [0.1, 0.15) is 6.61 Å². The summed E-state index contributed by atoms with van der Waals surface area (Å²) in [6.07, 6.45) is 0.0510. The topological polar surface area (TPSA) is 49.0 Å². The first-order valence-electron chi connectivity index (χ1n) is 6.73. The molecule has 1 atom stereocenters. The molecule has 5 nitrogen and oxygen atoms in total. The highest BCUT2D eigenvalue weighted by Crippen LogP contribution is 2.28. The van der Waals surface area contributed by atoms with Crippen molar-refractivity contribution >= 4 is 0 Å². The Kier molecular flexibility index (Phi) is 8.02. The van der Waals surface area contributed by atoms with Crippen LogP contribution in [0.25, 0.3) is 0 Å². The monoisotopic (exact) mass is 283 g/mol. The molecule has 0 saturated heterocycles. The first-order valence-corrected chi connectivity index (χ1v) is 6.73. The highest BCUT2D eigenvalue weighted by molar-refractivity contribution is 5.42. The predicted octanol–water partition coefficient (Wildman–Crippen LogP) is 1.84.